The van der Waals surface area contributed by atoms with Gasteiger partial charge in [0.1, 0.15) is 5.75 Å². The SMILES string of the molecule is CON(C)S(=O)(=O)c1cc(O)c2ccc3c(S(=O)(=O)N(C)OC)cc(S(=O)(=O)N(C)OC)c4ccc1c2c34. The lowest BCUT2D eigenvalue weighted by molar-refractivity contribution is -0.0261. The predicted molar refractivity (Wildman–Crippen MR) is 138 cm³/mol. The lowest BCUT2D eigenvalue weighted by Gasteiger charge is -2.23. The van der Waals surface area contributed by atoms with Gasteiger partial charge in [0.15, 0.2) is 0 Å². The maximum absolute atomic E-state index is 13.4. The van der Waals surface area contributed by atoms with Gasteiger partial charge in [-0.3, -0.25) is 14.5 Å². The quantitative estimate of drug-likeness (QED) is 0.226. The third-order valence-electron chi connectivity index (χ3n) is 6.38. The van der Waals surface area contributed by atoms with Gasteiger partial charge < -0.3 is 5.11 Å². The van der Waals surface area contributed by atoms with Crippen LogP contribution in [0.3, 0.4) is 0 Å². The molecule has 0 saturated carbocycles. The predicted octanol–water partition coefficient (Wildman–Crippen LogP) is 1.84. The molecule has 0 unspecified atom stereocenters. The molecule has 38 heavy (non-hydrogen) atoms. The average molecular weight is 588 g/mol. The number of phenolic OH excluding ortho intramolecular Hbond substituents is 1. The number of hydrogen-bond acceptors (Lipinski definition) is 10. The van der Waals surface area contributed by atoms with Crippen molar-refractivity contribution in [2.45, 2.75) is 14.7 Å². The van der Waals surface area contributed by atoms with E-state index in [4.69, 9.17) is 14.5 Å². The largest absolute Gasteiger partial charge is 0.507 e. The zero-order chi connectivity index (χ0) is 28.4. The first-order chi connectivity index (χ1) is 17.7. The fourth-order valence-corrected chi connectivity index (χ4v) is 7.86. The molecule has 4 aromatic carbocycles. The Morgan fingerprint density at radius 1 is 0.553 bits per heavy atom. The minimum absolute atomic E-state index is 0.0788. The minimum atomic E-state index is -4.42. The van der Waals surface area contributed by atoms with Crippen molar-refractivity contribution in [2.24, 2.45) is 0 Å². The summed E-state index contributed by atoms with van der Waals surface area (Å²) >= 11 is 0. The van der Waals surface area contributed by atoms with E-state index in [0.29, 0.717) is 13.4 Å². The van der Waals surface area contributed by atoms with Crippen molar-refractivity contribution >= 4 is 62.4 Å². The van der Waals surface area contributed by atoms with Gasteiger partial charge in [0, 0.05) is 59.5 Å². The van der Waals surface area contributed by atoms with Gasteiger partial charge in [0.25, 0.3) is 30.1 Å². The second kappa shape index (κ2) is 9.51. The summed E-state index contributed by atoms with van der Waals surface area (Å²) in [5.74, 6) is -0.421. The van der Waals surface area contributed by atoms with Crippen molar-refractivity contribution in [3.05, 3.63) is 36.4 Å². The topological polar surface area (TPSA) is 160 Å². The molecule has 0 atom stereocenters. The number of benzene rings is 4. The summed E-state index contributed by atoms with van der Waals surface area (Å²) in [6, 6.07) is 7.65. The van der Waals surface area contributed by atoms with Crippen LogP contribution in [-0.2, 0) is 44.6 Å². The van der Waals surface area contributed by atoms with Crippen LogP contribution < -0.4 is 0 Å². The Morgan fingerprint density at radius 3 is 1.18 bits per heavy atom. The fourth-order valence-electron chi connectivity index (χ4n) is 4.23. The molecule has 0 aromatic heterocycles. The number of nitrogens with zero attached hydrogens (tertiary/aromatic N) is 3. The van der Waals surface area contributed by atoms with Gasteiger partial charge in [-0.25, -0.2) is 25.3 Å². The van der Waals surface area contributed by atoms with Crippen LogP contribution in [0.5, 0.6) is 5.75 Å². The fraction of sp³-hybridized carbons (Fsp3) is 0.273. The molecule has 0 aliphatic heterocycles. The van der Waals surface area contributed by atoms with Crippen LogP contribution in [0, 0.1) is 0 Å². The number of sulfonamides is 3. The second-order valence-corrected chi connectivity index (χ2v) is 13.8. The molecule has 0 radical (unpaired) electrons. The number of aromatic hydroxyl groups is 1. The monoisotopic (exact) mass is 587 g/mol. The summed E-state index contributed by atoms with van der Waals surface area (Å²) in [6.07, 6.45) is 0. The normalized spacial score (nSPS) is 13.7. The van der Waals surface area contributed by atoms with Crippen molar-refractivity contribution in [3.63, 3.8) is 0 Å². The van der Waals surface area contributed by atoms with Crippen molar-refractivity contribution in [3.8, 4) is 5.75 Å². The van der Waals surface area contributed by atoms with E-state index in [1.54, 1.807) is 0 Å². The minimum Gasteiger partial charge on any atom is -0.507 e. The zero-order valence-corrected chi connectivity index (χ0v) is 23.6. The molecule has 16 heteroatoms. The average Bonchev–Trinajstić information content (AvgIpc) is 2.89. The van der Waals surface area contributed by atoms with Gasteiger partial charge in [-0.05, 0) is 12.1 Å². The Hall–Kier alpha value is -2.67. The second-order valence-electron chi connectivity index (χ2n) is 8.13. The Morgan fingerprint density at radius 2 is 0.842 bits per heavy atom. The van der Waals surface area contributed by atoms with Crippen LogP contribution in [0.15, 0.2) is 51.1 Å². The molecular weight excluding hydrogens is 562 g/mol. The summed E-state index contributed by atoms with van der Waals surface area (Å²) in [5, 5.41) is 11.5. The summed E-state index contributed by atoms with van der Waals surface area (Å²) < 4.78 is 81.9. The molecule has 0 bridgehead atoms. The highest BCUT2D eigenvalue weighted by atomic mass is 32.2. The van der Waals surface area contributed by atoms with Crippen LogP contribution in [0.25, 0.3) is 32.3 Å². The Kier molecular flexibility index (Phi) is 7.09. The summed E-state index contributed by atoms with van der Waals surface area (Å²) in [4.78, 5) is 13.5. The van der Waals surface area contributed by atoms with E-state index >= 15 is 0 Å². The molecule has 4 aromatic rings. The Balaban J connectivity index is 2.34. The molecule has 4 rings (SSSR count). The summed E-state index contributed by atoms with van der Waals surface area (Å²) in [5.41, 5.74) is 0. The van der Waals surface area contributed by atoms with Gasteiger partial charge in [0.05, 0.1) is 36.0 Å². The number of hydrogen-bond donors (Lipinski definition) is 1. The van der Waals surface area contributed by atoms with E-state index < -0.39 is 45.6 Å². The van der Waals surface area contributed by atoms with E-state index in [-0.39, 0.29) is 37.2 Å². The third-order valence-corrected chi connectivity index (χ3v) is 11.5. The number of phenols is 1. The van der Waals surface area contributed by atoms with Crippen LogP contribution in [0.2, 0.25) is 0 Å². The van der Waals surface area contributed by atoms with Crippen LogP contribution in [0.4, 0.5) is 0 Å². The van der Waals surface area contributed by atoms with Gasteiger partial charge >= 0.3 is 0 Å². The van der Waals surface area contributed by atoms with Gasteiger partial charge in [-0.2, -0.15) is 0 Å². The van der Waals surface area contributed by atoms with Crippen LogP contribution in [0.1, 0.15) is 0 Å². The van der Waals surface area contributed by atoms with Crippen molar-refractivity contribution in [1.82, 2.24) is 13.4 Å². The lowest BCUT2D eigenvalue weighted by atomic mass is 9.94. The van der Waals surface area contributed by atoms with Crippen molar-refractivity contribution < 1.29 is 44.9 Å². The number of rotatable bonds is 9. The van der Waals surface area contributed by atoms with E-state index in [1.807, 2.05) is 0 Å². The van der Waals surface area contributed by atoms with E-state index in [1.165, 1.54) is 31.3 Å². The highest BCUT2D eigenvalue weighted by molar-refractivity contribution is 7.90. The van der Waals surface area contributed by atoms with Gasteiger partial charge in [-0.15, -0.1) is 0 Å². The zero-order valence-electron chi connectivity index (χ0n) is 21.2. The molecule has 0 spiro atoms. The van der Waals surface area contributed by atoms with Crippen molar-refractivity contribution in [2.75, 3.05) is 42.5 Å². The maximum atomic E-state index is 13.4. The maximum Gasteiger partial charge on any atom is 0.265 e. The molecule has 0 saturated heterocycles. The number of hydroxylamine groups is 3. The Bertz CT molecular complexity index is 1830. The van der Waals surface area contributed by atoms with Gasteiger partial charge in [0.2, 0.25) is 0 Å². The summed E-state index contributed by atoms with van der Waals surface area (Å²) in [6.45, 7) is 0. The highest BCUT2D eigenvalue weighted by Gasteiger charge is 2.33. The van der Waals surface area contributed by atoms with E-state index in [2.05, 4.69) is 0 Å². The first-order valence-corrected chi connectivity index (χ1v) is 15.0. The van der Waals surface area contributed by atoms with Crippen LogP contribution >= 0.6 is 0 Å². The summed E-state index contributed by atoms with van der Waals surface area (Å²) in [7, 11) is -6.27. The molecule has 206 valence electrons. The van der Waals surface area contributed by atoms with Crippen molar-refractivity contribution in [1.29, 1.82) is 0 Å². The molecule has 0 heterocycles. The highest BCUT2D eigenvalue weighted by Crippen LogP contribution is 2.45. The molecule has 0 aliphatic rings. The first-order valence-electron chi connectivity index (χ1n) is 10.7. The van der Waals surface area contributed by atoms with Crippen LogP contribution in [-0.4, -0.2) is 86.2 Å². The smallest absolute Gasteiger partial charge is 0.265 e. The molecule has 0 fully saturated rings. The third kappa shape index (κ3) is 4.00. The molecule has 0 amide bonds. The molecule has 13 nitrogen and oxygen atoms in total. The Labute approximate surface area is 219 Å². The van der Waals surface area contributed by atoms with Gasteiger partial charge in [-0.1, -0.05) is 31.6 Å². The molecule has 0 aliphatic carbocycles. The van der Waals surface area contributed by atoms with E-state index in [0.717, 1.165) is 47.6 Å². The molecular formula is C22H25N3O10S3. The standard InChI is InChI=1S/C22H25N3O10S3/c1-23(33-4)36(27,28)18-11-17(26)13-7-8-15-19(37(29,30)24(2)34-5)12-20(38(31,32)25(3)35-6)16-10-9-14(18)21(13)22(15)16/h7-12,26H,1-6H3. The van der Waals surface area contributed by atoms with E-state index in [9.17, 15) is 30.4 Å². The lowest BCUT2D eigenvalue weighted by Crippen LogP contribution is -2.28. The first kappa shape index (κ1) is 28.3. The molecule has 1 N–H and O–H groups in total.